The van der Waals surface area contributed by atoms with E-state index in [1.54, 1.807) is 0 Å². The maximum Gasteiger partial charge on any atom is 0.252 e. The average Bonchev–Trinajstić information content (AvgIpc) is 2.92. The van der Waals surface area contributed by atoms with Gasteiger partial charge in [-0.1, -0.05) is 41.6 Å². The summed E-state index contributed by atoms with van der Waals surface area (Å²) in [5.41, 5.74) is 2.10. The Morgan fingerprint density at radius 3 is 2.65 bits per heavy atom. The Hall–Kier alpha value is -1.34. The van der Waals surface area contributed by atoms with E-state index in [2.05, 4.69) is 4.99 Å². The fraction of sp³-hybridized carbons (Fsp3) is 0.500. The summed E-state index contributed by atoms with van der Waals surface area (Å²) >= 11 is 1.43. The number of carbonyl (C=O) groups is 1. The van der Waals surface area contributed by atoms with Crippen LogP contribution in [0.25, 0.3) is 0 Å². The topological polar surface area (TPSA) is 66.8 Å². The van der Waals surface area contributed by atoms with Crippen LogP contribution in [0.1, 0.15) is 18.1 Å². The van der Waals surface area contributed by atoms with Gasteiger partial charge in [0.25, 0.3) is 5.91 Å². The monoisotopic (exact) mass is 352 g/mol. The lowest BCUT2D eigenvalue weighted by Crippen LogP contribution is -2.37. The van der Waals surface area contributed by atoms with Crippen molar-refractivity contribution in [1.29, 1.82) is 0 Å². The number of sulfone groups is 1. The lowest BCUT2D eigenvalue weighted by Gasteiger charge is -2.22. The third-order valence-electron chi connectivity index (χ3n) is 4.21. The molecule has 0 aliphatic carbocycles. The van der Waals surface area contributed by atoms with Crippen LogP contribution < -0.4 is 0 Å². The van der Waals surface area contributed by atoms with E-state index in [0.29, 0.717) is 11.7 Å². The first-order chi connectivity index (χ1) is 10.9. The van der Waals surface area contributed by atoms with Gasteiger partial charge in [-0.25, -0.2) is 8.42 Å². The summed E-state index contributed by atoms with van der Waals surface area (Å²) in [4.78, 5) is 18.4. The van der Waals surface area contributed by atoms with E-state index < -0.39 is 9.84 Å². The highest BCUT2D eigenvalue weighted by Gasteiger charge is 2.48. The lowest BCUT2D eigenvalue weighted by atomic mass is 10.1. The number of aliphatic imine (C=N–C) groups is 1. The van der Waals surface area contributed by atoms with Crippen molar-refractivity contribution in [3.8, 4) is 0 Å². The summed E-state index contributed by atoms with van der Waals surface area (Å²) < 4.78 is 23.5. The highest BCUT2D eigenvalue weighted by atomic mass is 32.2. The minimum Gasteiger partial charge on any atom is -0.346 e. The molecule has 0 bridgehead atoms. The fourth-order valence-corrected chi connectivity index (χ4v) is 7.06. The van der Waals surface area contributed by atoms with Crippen LogP contribution in [-0.2, 0) is 21.1 Å². The van der Waals surface area contributed by atoms with E-state index in [0.717, 1.165) is 11.1 Å². The third kappa shape index (κ3) is 3.61. The van der Waals surface area contributed by atoms with Crippen molar-refractivity contribution >= 4 is 32.7 Å². The predicted octanol–water partition coefficient (Wildman–Crippen LogP) is 1.65. The first-order valence-corrected chi connectivity index (χ1v) is 10.4. The minimum absolute atomic E-state index is 0.00544. The number of amidine groups is 1. The molecule has 0 aromatic heterocycles. The Bertz CT molecular complexity index is 741. The standard InChI is InChI=1S/C16H20N2O3S2/c1-3-18-13-9-23(20,21)10-14(13)22-16(18)17-15(19)8-12-6-4-11(2)5-7-12/h4-7,13-14H,3,8-10H2,1-2H3. The van der Waals surface area contributed by atoms with Gasteiger partial charge in [0, 0.05) is 11.8 Å². The van der Waals surface area contributed by atoms with Gasteiger partial charge in [0.15, 0.2) is 15.0 Å². The number of benzene rings is 1. The van der Waals surface area contributed by atoms with Crippen LogP contribution in [0.5, 0.6) is 0 Å². The van der Waals surface area contributed by atoms with Crippen LogP contribution in [0, 0.1) is 6.92 Å². The number of carbonyl (C=O) groups excluding carboxylic acids is 1. The summed E-state index contributed by atoms with van der Waals surface area (Å²) in [6.07, 6.45) is 0.273. The first-order valence-electron chi connectivity index (χ1n) is 7.69. The molecule has 1 aromatic carbocycles. The fourth-order valence-electron chi connectivity index (χ4n) is 3.03. The van der Waals surface area contributed by atoms with Gasteiger partial charge in [0.05, 0.1) is 24.0 Å². The van der Waals surface area contributed by atoms with Crippen LogP contribution >= 0.6 is 11.8 Å². The summed E-state index contributed by atoms with van der Waals surface area (Å²) in [6, 6.07) is 7.80. The normalized spacial score (nSPS) is 27.4. The molecule has 124 valence electrons. The molecule has 2 atom stereocenters. The molecule has 23 heavy (non-hydrogen) atoms. The second kappa shape index (κ2) is 6.28. The molecule has 2 heterocycles. The average molecular weight is 352 g/mol. The largest absolute Gasteiger partial charge is 0.346 e. The van der Waals surface area contributed by atoms with E-state index in [1.165, 1.54) is 11.8 Å². The molecule has 2 aliphatic heterocycles. The van der Waals surface area contributed by atoms with Crippen molar-refractivity contribution in [3.63, 3.8) is 0 Å². The highest BCUT2D eigenvalue weighted by Crippen LogP contribution is 2.37. The number of aryl methyl sites for hydroxylation is 1. The summed E-state index contributed by atoms with van der Waals surface area (Å²) in [5, 5.41) is 0.681. The Balaban J connectivity index is 1.72. The van der Waals surface area contributed by atoms with E-state index in [4.69, 9.17) is 0 Å². The molecule has 0 spiro atoms. The van der Waals surface area contributed by atoms with Crippen LogP contribution in [0.15, 0.2) is 29.3 Å². The van der Waals surface area contributed by atoms with Crippen LogP contribution in [0.2, 0.25) is 0 Å². The van der Waals surface area contributed by atoms with Crippen LogP contribution in [0.4, 0.5) is 0 Å². The summed E-state index contributed by atoms with van der Waals surface area (Å²) in [5.74, 6) is 0.172. The molecule has 0 N–H and O–H groups in total. The van der Waals surface area contributed by atoms with Gasteiger partial charge in [-0.05, 0) is 19.4 Å². The maximum atomic E-state index is 12.2. The van der Waals surface area contributed by atoms with Crippen molar-refractivity contribution in [3.05, 3.63) is 35.4 Å². The number of hydrogen-bond acceptors (Lipinski definition) is 4. The zero-order chi connectivity index (χ0) is 16.6. The quantitative estimate of drug-likeness (QED) is 0.828. The van der Waals surface area contributed by atoms with Gasteiger partial charge in [0.1, 0.15) is 0 Å². The Morgan fingerprint density at radius 2 is 2.00 bits per heavy atom. The number of hydrogen-bond donors (Lipinski definition) is 0. The number of thioether (sulfide) groups is 1. The molecule has 3 rings (SSSR count). The smallest absolute Gasteiger partial charge is 0.252 e. The second-order valence-corrected chi connectivity index (χ2v) is 9.40. The molecule has 0 saturated carbocycles. The van der Waals surface area contributed by atoms with Crippen molar-refractivity contribution in [2.45, 2.75) is 31.6 Å². The van der Waals surface area contributed by atoms with Crippen molar-refractivity contribution in [2.75, 3.05) is 18.1 Å². The predicted molar refractivity (Wildman–Crippen MR) is 93.5 cm³/mol. The van der Waals surface area contributed by atoms with Gasteiger partial charge in [-0.2, -0.15) is 4.99 Å². The molecule has 0 radical (unpaired) electrons. The minimum atomic E-state index is -2.96. The molecule has 2 saturated heterocycles. The van der Waals surface area contributed by atoms with Crippen molar-refractivity contribution in [2.24, 2.45) is 4.99 Å². The Kier molecular flexibility index (Phi) is 4.51. The summed E-state index contributed by atoms with van der Waals surface area (Å²) in [7, 11) is -2.96. The van der Waals surface area contributed by atoms with E-state index in [9.17, 15) is 13.2 Å². The van der Waals surface area contributed by atoms with E-state index in [-0.39, 0.29) is 35.1 Å². The molecule has 7 heteroatoms. The summed E-state index contributed by atoms with van der Waals surface area (Å²) in [6.45, 7) is 4.64. The Morgan fingerprint density at radius 1 is 1.30 bits per heavy atom. The molecule has 1 aromatic rings. The van der Waals surface area contributed by atoms with Gasteiger partial charge in [-0.3, -0.25) is 4.79 Å². The molecule has 1 amide bonds. The van der Waals surface area contributed by atoms with E-state index in [1.807, 2.05) is 43.0 Å². The number of fused-ring (bicyclic) bond motifs is 1. The zero-order valence-electron chi connectivity index (χ0n) is 13.2. The molecule has 2 aliphatic rings. The van der Waals surface area contributed by atoms with Gasteiger partial charge in [0.2, 0.25) is 0 Å². The Labute approximate surface area is 141 Å². The van der Waals surface area contributed by atoms with Gasteiger partial charge >= 0.3 is 0 Å². The second-order valence-electron chi connectivity index (χ2n) is 6.04. The maximum absolute atomic E-state index is 12.2. The highest BCUT2D eigenvalue weighted by molar-refractivity contribution is 8.15. The molecular weight excluding hydrogens is 332 g/mol. The van der Waals surface area contributed by atoms with Gasteiger partial charge in [-0.15, -0.1) is 0 Å². The number of amides is 1. The molecule has 2 unspecified atom stereocenters. The lowest BCUT2D eigenvalue weighted by molar-refractivity contribution is -0.117. The molecule has 2 fully saturated rings. The van der Waals surface area contributed by atoms with Crippen molar-refractivity contribution < 1.29 is 13.2 Å². The zero-order valence-corrected chi connectivity index (χ0v) is 14.9. The third-order valence-corrected chi connectivity index (χ3v) is 7.46. The van der Waals surface area contributed by atoms with E-state index >= 15 is 0 Å². The number of nitrogens with zero attached hydrogens (tertiary/aromatic N) is 2. The number of rotatable bonds is 3. The van der Waals surface area contributed by atoms with Crippen LogP contribution in [-0.4, -0.2) is 53.7 Å². The SMILES string of the molecule is CCN1C(=NC(=O)Cc2ccc(C)cc2)SC2CS(=O)(=O)CC21. The first kappa shape index (κ1) is 16.5. The van der Waals surface area contributed by atoms with Gasteiger partial charge < -0.3 is 4.90 Å². The van der Waals surface area contributed by atoms with Crippen LogP contribution in [0.3, 0.4) is 0 Å². The van der Waals surface area contributed by atoms with Crippen molar-refractivity contribution in [1.82, 2.24) is 4.90 Å². The molecule has 5 nitrogen and oxygen atoms in total. The molecular formula is C16H20N2O3S2.